The lowest BCUT2D eigenvalue weighted by Crippen LogP contribution is -2.28. The molecule has 0 heterocycles. The summed E-state index contributed by atoms with van der Waals surface area (Å²) < 4.78 is 10.5. The topological polar surface area (TPSA) is 72.8 Å². The van der Waals surface area contributed by atoms with Gasteiger partial charge >= 0.3 is 11.9 Å². The summed E-state index contributed by atoms with van der Waals surface area (Å²) in [6.45, 7) is 3.99. The number of esters is 2. The van der Waals surface area contributed by atoms with Crippen LogP contribution in [0.2, 0.25) is 0 Å². The Morgan fingerprint density at radius 3 is 1.33 bits per heavy atom. The number of ether oxygens (including phenoxy) is 2. The molecule has 5 heteroatoms. The van der Waals surface area contributed by atoms with Crippen molar-refractivity contribution in [2.45, 2.75) is 161 Å². The highest BCUT2D eigenvalue weighted by Gasteiger charge is 2.15. The first-order valence-electron chi connectivity index (χ1n) is 19.1. The summed E-state index contributed by atoms with van der Waals surface area (Å²) in [6.07, 6.45) is 52.2. The quantitative estimate of drug-likeness (QED) is 0.0429. The van der Waals surface area contributed by atoms with E-state index in [2.05, 4.69) is 86.8 Å². The fourth-order valence-electron chi connectivity index (χ4n) is 4.74. The van der Waals surface area contributed by atoms with Crippen molar-refractivity contribution in [3.8, 4) is 0 Å². The van der Waals surface area contributed by atoms with E-state index in [0.29, 0.717) is 12.8 Å². The number of aliphatic hydroxyl groups excluding tert-OH is 1. The fourth-order valence-corrected chi connectivity index (χ4v) is 4.74. The van der Waals surface area contributed by atoms with Crippen molar-refractivity contribution in [2.24, 2.45) is 0 Å². The maximum Gasteiger partial charge on any atom is 0.306 e. The molecule has 0 aromatic heterocycles. The minimum Gasteiger partial charge on any atom is -0.462 e. The second-order valence-corrected chi connectivity index (χ2v) is 12.3. The van der Waals surface area contributed by atoms with E-state index in [-0.39, 0.29) is 25.6 Å². The molecule has 0 aliphatic carbocycles. The Balaban J connectivity index is 3.76. The average molecular weight is 667 g/mol. The highest BCUT2D eigenvalue weighted by Crippen LogP contribution is 2.10. The normalized spacial score (nSPS) is 13.1. The number of allylic oxidation sites excluding steroid dienone is 14. The lowest BCUT2D eigenvalue weighted by atomic mass is 10.1. The number of hydrogen-bond donors (Lipinski definition) is 1. The molecule has 0 bridgehead atoms. The van der Waals surface area contributed by atoms with Crippen LogP contribution in [0, 0.1) is 0 Å². The fraction of sp³-hybridized carbons (Fsp3) is 0.628. The molecular weight excluding hydrogens is 596 g/mol. The van der Waals surface area contributed by atoms with Crippen LogP contribution in [-0.2, 0) is 19.1 Å². The molecule has 0 aliphatic rings. The second kappa shape index (κ2) is 38.5. The molecule has 0 aromatic carbocycles. The van der Waals surface area contributed by atoms with E-state index >= 15 is 0 Å². The molecule has 0 aliphatic heterocycles. The van der Waals surface area contributed by atoms with Crippen molar-refractivity contribution in [2.75, 3.05) is 13.2 Å². The van der Waals surface area contributed by atoms with Gasteiger partial charge in [0.25, 0.3) is 0 Å². The van der Waals surface area contributed by atoms with E-state index in [4.69, 9.17) is 9.47 Å². The summed E-state index contributed by atoms with van der Waals surface area (Å²) in [7, 11) is 0. The number of aliphatic hydroxyl groups is 1. The third-order valence-corrected chi connectivity index (χ3v) is 7.67. The number of unbranched alkanes of at least 4 members (excludes halogenated alkanes) is 11. The zero-order chi connectivity index (χ0) is 35.0. The van der Waals surface area contributed by atoms with Crippen LogP contribution in [0.15, 0.2) is 85.1 Å². The van der Waals surface area contributed by atoms with Crippen LogP contribution < -0.4 is 0 Å². The maximum atomic E-state index is 12.1. The number of carbonyl (C=O) groups excluding carboxylic acids is 2. The zero-order valence-electron chi connectivity index (χ0n) is 30.7. The molecule has 0 unspecified atom stereocenters. The highest BCUT2D eigenvalue weighted by molar-refractivity contribution is 5.70. The van der Waals surface area contributed by atoms with Gasteiger partial charge in [0.15, 0.2) is 6.10 Å². The van der Waals surface area contributed by atoms with E-state index < -0.39 is 12.1 Å². The van der Waals surface area contributed by atoms with Gasteiger partial charge in [-0.3, -0.25) is 9.59 Å². The van der Waals surface area contributed by atoms with Crippen LogP contribution in [0.1, 0.15) is 155 Å². The first-order valence-corrected chi connectivity index (χ1v) is 19.1. The molecule has 0 spiro atoms. The van der Waals surface area contributed by atoms with Crippen molar-refractivity contribution in [3.63, 3.8) is 0 Å². The smallest absolute Gasteiger partial charge is 0.306 e. The summed E-state index contributed by atoms with van der Waals surface area (Å²) in [4.78, 5) is 24.2. The van der Waals surface area contributed by atoms with E-state index in [1.54, 1.807) is 0 Å². The van der Waals surface area contributed by atoms with Gasteiger partial charge in [0, 0.05) is 12.8 Å². The van der Waals surface area contributed by atoms with Crippen molar-refractivity contribution < 1.29 is 24.2 Å². The van der Waals surface area contributed by atoms with Crippen molar-refractivity contribution in [3.05, 3.63) is 85.1 Å². The SMILES string of the molecule is CCCCCC=CCC=CCC=CCC=CCC=CCCC(=O)O[C@@H](CO)COC(=O)CCCCCCCC=CCC=CCCCCC. The van der Waals surface area contributed by atoms with Crippen LogP contribution in [0.5, 0.6) is 0 Å². The first-order chi connectivity index (χ1) is 23.6. The maximum absolute atomic E-state index is 12.1. The van der Waals surface area contributed by atoms with Gasteiger partial charge < -0.3 is 14.6 Å². The van der Waals surface area contributed by atoms with Gasteiger partial charge in [0.2, 0.25) is 0 Å². The van der Waals surface area contributed by atoms with Gasteiger partial charge in [-0.05, 0) is 83.5 Å². The molecule has 5 nitrogen and oxygen atoms in total. The molecule has 1 N–H and O–H groups in total. The molecule has 0 aromatic rings. The Kier molecular flexibility index (Phi) is 36.2. The third-order valence-electron chi connectivity index (χ3n) is 7.67. The van der Waals surface area contributed by atoms with E-state index in [1.165, 1.54) is 57.8 Å². The summed E-state index contributed by atoms with van der Waals surface area (Å²) in [5.74, 6) is -0.712. The van der Waals surface area contributed by atoms with Gasteiger partial charge in [-0.2, -0.15) is 0 Å². The Morgan fingerprint density at radius 1 is 0.479 bits per heavy atom. The third kappa shape index (κ3) is 35.9. The largest absolute Gasteiger partial charge is 0.462 e. The van der Waals surface area contributed by atoms with Gasteiger partial charge in [-0.25, -0.2) is 0 Å². The predicted octanol–water partition coefficient (Wildman–Crippen LogP) is 11.9. The average Bonchev–Trinajstić information content (AvgIpc) is 3.09. The van der Waals surface area contributed by atoms with Crippen molar-refractivity contribution in [1.29, 1.82) is 0 Å². The highest BCUT2D eigenvalue weighted by atomic mass is 16.6. The van der Waals surface area contributed by atoms with Gasteiger partial charge in [-0.15, -0.1) is 0 Å². The van der Waals surface area contributed by atoms with Crippen LogP contribution >= 0.6 is 0 Å². The molecule has 0 fully saturated rings. The molecule has 48 heavy (non-hydrogen) atoms. The summed E-state index contributed by atoms with van der Waals surface area (Å²) >= 11 is 0. The Labute approximate surface area is 295 Å². The number of carbonyl (C=O) groups is 2. The molecule has 1 atom stereocenters. The standard InChI is InChI=1S/C43H70O5/c1-3-5-7-9-11-13-15-17-19-20-21-22-24-26-28-30-32-34-36-38-43(46)48-41(39-44)40-47-42(45)37-35-33-31-29-27-25-23-18-16-14-12-10-8-6-4-2/h11-14,17-19,21-23,26,28,32,34,41,44H,3-10,15-16,20,24-25,27,29-31,33,35-40H2,1-2H3/t41-/m0/s1. The molecule has 0 amide bonds. The lowest BCUT2D eigenvalue weighted by molar-refractivity contribution is -0.161. The van der Waals surface area contributed by atoms with Crippen LogP contribution in [0.3, 0.4) is 0 Å². The minimum absolute atomic E-state index is 0.108. The molecule has 272 valence electrons. The summed E-state index contributed by atoms with van der Waals surface area (Å²) in [5.41, 5.74) is 0. The lowest BCUT2D eigenvalue weighted by Gasteiger charge is -2.15. The minimum atomic E-state index is -0.821. The Hall–Kier alpha value is -2.92. The predicted molar refractivity (Wildman–Crippen MR) is 205 cm³/mol. The zero-order valence-corrected chi connectivity index (χ0v) is 30.7. The molecular formula is C43H70O5. The van der Waals surface area contributed by atoms with Crippen molar-refractivity contribution >= 4 is 11.9 Å². The first kappa shape index (κ1) is 45.1. The summed E-state index contributed by atoms with van der Waals surface area (Å²) in [6, 6.07) is 0. The van der Waals surface area contributed by atoms with Crippen LogP contribution in [0.4, 0.5) is 0 Å². The molecule has 0 radical (unpaired) electrons. The van der Waals surface area contributed by atoms with E-state index in [9.17, 15) is 14.7 Å². The number of hydrogen-bond acceptors (Lipinski definition) is 5. The van der Waals surface area contributed by atoms with Gasteiger partial charge in [0.1, 0.15) is 6.61 Å². The molecule has 0 saturated heterocycles. The molecule has 0 saturated carbocycles. The summed E-state index contributed by atoms with van der Waals surface area (Å²) in [5, 5.41) is 9.53. The Morgan fingerprint density at radius 2 is 0.875 bits per heavy atom. The van der Waals surface area contributed by atoms with Gasteiger partial charge in [-0.1, -0.05) is 144 Å². The van der Waals surface area contributed by atoms with E-state index in [0.717, 1.165) is 64.2 Å². The monoisotopic (exact) mass is 667 g/mol. The number of rotatable bonds is 33. The molecule has 0 rings (SSSR count). The van der Waals surface area contributed by atoms with Crippen LogP contribution in [-0.4, -0.2) is 36.4 Å². The Bertz CT molecular complexity index is 937. The second-order valence-electron chi connectivity index (χ2n) is 12.3. The van der Waals surface area contributed by atoms with Crippen molar-refractivity contribution in [1.82, 2.24) is 0 Å². The van der Waals surface area contributed by atoms with Crippen LogP contribution in [0.25, 0.3) is 0 Å². The van der Waals surface area contributed by atoms with E-state index in [1.807, 2.05) is 12.2 Å². The van der Waals surface area contributed by atoms with Gasteiger partial charge in [0.05, 0.1) is 6.61 Å².